The first-order valence-corrected chi connectivity index (χ1v) is 6.04. The molecule has 0 radical (unpaired) electrons. The summed E-state index contributed by atoms with van der Waals surface area (Å²) in [6.45, 7) is -0.223. The van der Waals surface area contributed by atoms with E-state index in [4.69, 9.17) is 11.6 Å². The second-order valence-electron chi connectivity index (χ2n) is 3.84. The molecular formula is C11H9ClN6O3. The average molecular weight is 309 g/mol. The van der Waals surface area contributed by atoms with Crippen LogP contribution in [0.5, 0.6) is 0 Å². The molecule has 0 unspecified atom stereocenters. The smallest absolute Gasteiger partial charge is 0.390 e. The number of hydrogen-bond acceptors (Lipinski definition) is 6. The van der Waals surface area contributed by atoms with E-state index in [1.165, 1.54) is 6.21 Å². The summed E-state index contributed by atoms with van der Waals surface area (Å²) in [5.41, 5.74) is 3.03. The molecule has 0 bridgehead atoms. The monoisotopic (exact) mass is 308 g/mol. The Morgan fingerprint density at radius 1 is 1.48 bits per heavy atom. The summed E-state index contributed by atoms with van der Waals surface area (Å²) in [6, 6.07) is 6.86. The van der Waals surface area contributed by atoms with Gasteiger partial charge in [-0.25, -0.2) is 5.43 Å². The first-order valence-electron chi connectivity index (χ1n) is 5.66. The minimum absolute atomic E-state index is 0.223. The molecule has 2 aromatic rings. The third kappa shape index (κ3) is 4.35. The number of nitrogens with zero attached hydrogens (tertiary/aromatic N) is 5. The highest BCUT2D eigenvalue weighted by molar-refractivity contribution is 6.30. The average Bonchev–Trinajstić information content (AvgIpc) is 2.90. The third-order valence-electron chi connectivity index (χ3n) is 2.27. The first-order chi connectivity index (χ1) is 10.0. The van der Waals surface area contributed by atoms with Crippen LogP contribution in [0.3, 0.4) is 0 Å². The molecule has 1 aromatic heterocycles. The van der Waals surface area contributed by atoms with Crippen LogP contribution in [0, 0.1) is 10.1 Å². The predicted molar refractivity (Wildman–Crippen MR) is 73.9 cm³/mol. The number of nitro groups is 1. The molecule has 21 heavy (non-hydrogen) atoms. The fourth-order valence-corrected chi connectivity index (χ4v) is 1.48. The molecule has 2 rings (SSSR count). The first kappa shape index (κ1) is 14.6. The van der Waals surface area contributed by atoms with Gasteiger partial charge in [-0.2, -0.15) is 9.78 Å². The van der Waals surface area contributed by atoms with Gasteiger partial charge in [0, 0.05) is 10.1 Å². The zero-order valence-electron chi connectivity index (χ0n) is 10.5. The van der Waals surface area contributed by atoms with Crippen molar-refractivity contribution in [1.29, 1.82) is 0 Å². The summed E-state index contributed by atoms with van der Waals surface area (Å²) in [5.74, 6) is -1.05. The van der Waals surface area contributed by atoms with Crippen LogP contribution >= 0.6 is 11.6 Å². The van der Waals surface area contributed by atoms with Crippen molar-refractivity contribution in [1.82, 2.24) is 20.2 Å². The molecular weight excluding hydrogens is 300 g/mol. The Bertz CT molecular complexity index is 682. The van der Waals surface area contributed by atoms with Gasteiger partial charge in [-0.3, -0.25) is 4.79 Å². The van der Waals surface area contributed by atoms with Gasteiger partial charge in [-0.05, 0) is 22.6 Å². The number of aromatic nitrogens is 3. The van der Waals surface area contributed by atoms with E-state index < -0.39 is 16.8 Å². The minimum Gasteiger partial charge on any atom is -0.390 e. The zero-order chi connectivity index (χ0) is 15.2. The highest BCUT2D eigenvalue weighted by Gasteiger charge is 2.14. The predicted octanol–water partition coefficient (Wildman–Crippen LogP) is 0.990. The Kier molecular flexibility index (Phi) is 4.57. The molecule has 1 N–H and O–H groups in total. The quantitative estimate of drug-likeness (QED) is 0.502. The molecule has 0 aliphatic carbocycles. The van der Waals surface area contributed by atoms with Crippen LogP contribution in [0.1, 0.15) is 5.56 Å². The van der Waals surface area contributed by atoms with Crippen molar-refractivity contribution in [2.45, 2.75) is 6.54 Å². The molecule has 1 amide bonds. The van der Waals surface area contributed by atoms with Gasteiger partial charge in [0.05, 0.1) is 6.21 Å². The van der Waals surface area contributed by atoms with Crippen LogP contribution < -0.4 is 5.43 Å². The molecule has 0 atom stereocenters. The molecule has 0 saturated carbocycles. The Morgan fingerprint density at radius 2 is 2.19 bits per heavy atom. The van der Waals surface area contributed by atoms with Gasteiger partial charge in [0.25, 0.3) is 5.91 Å². The molecule has 9 nitrogen and oxygen atoms in total. The van der Waals surface area contributed by atoms with E-state index in [-0.39, 0.29) is 6.54 Å². The summed E-state index contributed by atoms with van der Waals surface area (Å²) in [5, 5.41) is 18.2. The fraction of sp³-hybridized carbons (Fsp3) is 0.0909. The lowest BCUT2D eigenvalue weighted by Gasteiger charge is -1.97. The summed E-state index contributed by atoms with van der Waals surface area (Å²) in [6.07, 6.45) is 2.54. The van der Waals surface area contributed by atoms with Crippen LogP contribution in [0.25, 0.3) is 0 Å². The van der Waals surface area contributed by atoms with Gasteiger partial charge >= 0.3 is 5.95 Å². The van der Waals surface area contributed by atoms with Crippen LogP contribution in [-0.2, 0) is 11.3 Å². The summed E-state index contributed by atoms with van der Waals surface area (Å²) in [4.78, 5) is 24.6. The number of carbonyl (C=O) groups is 1. The van der Waals surface area contributed by atoms with Crippen LogP contribution in [0.4, 0.5) is 5.95 Å². The molecule has 0 aliphatic rings. The number of hydrazone groups is 1. The molecule has 108 valence electrons. The number of nitrogens with one attached hydrogen (secondary N) is 1. The third-order valence-corrected chi connectivity index (χ3v) is 2.52. The van der Waals surface area contributed by atoms with Crippen molar-refractivity contribution in [3.05, 3.63) is 51.3 Å². The molecule has 1 heterocycles. The Morgan fingerprint density at radius 3 is 2.81 bits per heavy atom. The maximum absolute atomic E-state index is 11.5. The molecule has 10 heteroatoms. The lowest BCUT2D eigenvalue weighted by Crippen LogP contribution is -2.23. The van der Waals surface area contributed by atoms with E-state index in [1.807, 2.05) is 0 Å². The molecule has 1 aromatic carbocycles. The van der Waals surface area contributed by atoms with Crippen LogP contribution in [-0.4, -0.2) is 31.8 Å². The van der Waals surface area contributed by atoms with Crippen molar-refractivity contribution in [3.8, 4) is 0 Å². The summed E-state index contributed by atoms with van der Waals surface area (Å²) < 4.78 is 1.05. The molecule has 0 saturated heterocycles. The number of hydrogen-bond donors (Lipinski definition) is 1. The number of carbonyl (C=O) groups excluding carboxylic acids is 1. The Hall–Kier alpha value is -2.81. The van der Waals surface area contributed by atoms with Gasteiger partial charge in [-0.1, -0.05) is 28.7 Å². The normalized spacial score (nSPS) is 10.7. The zero-order valence-corrected chi connectivity index (χ0v) is 11.3. The second-order valence-corrected chi connectivity index (χ2v) is 4.28. The fourth-order valence-electron chi connectivity index (χ4n) is 1.35. The number of rotatable bonds is 5. The lowest BCUT2D eigenvalue weighted by atomic mass is 10.2. The highest BCUT2D eigenvalue weighted by atomic mass is 35.5. The van der Waals surface area contributed by atoms with Crippen molar-refractivity contribution >= 4 is 29.7 Å². The largest absolute Gasteiger partial charge is 0.490 e. The van der Waals surface area contributed by atoms with E-state index in [9.17, 15) is 14.9 Å². The summed E-state index contributed by atoms with van der Waals surface area (Å²) >= 11 is 5.73. The van der Waals surface area contributed by atoms with Gasteiger partial charge in [0.1, 0.15) is 6.54 Å². The van der Waals surface area contributed by atoms with Crippen molar-refractivity contribution in [3.63, 3.8) is 0 Å². The van der Waals surface area contributed by atoms with E-state index >= 15 is 0 Å². The molecule has 0 spiro atoms. The summed E-state index contributed by atoms with van der Waals surface area (Å²) in [7, 11) is 0. The SMILES string of the molecule is O=C(Cn1cnc([N+](=O)[O-])n1)NN=Cc1ccc(Cl)cc1. The van der Waals surface area contributed by atoms with Gasteiger partial charge < -0.3 is 10.1 Å². The maximum atomic E-state index is 11.5. The number of amides is 1. The van der Waals surface area contributed by atoms with Crippen molar-refractivity contribution in [2.75, 3.05) is 0 Å². The number of benzene rings is 1. The Balaban J connectivity index is 1.86. The number of halogens is 1. The van der Waals surface area contributed by atoms with E-state index in [2.05, 4.69) is 20.6 Å². The van der Waals surface area contributed by atoms with Crippen LogP contribution in [0.2, 0.25) is 5.02 Å². The molecule has 0 aliphatic heterocycles. The maximum Gasteiger partial charge on any atom is 0.490 e. The standard InChI is InChI=1S/C11H9ClN6O3/c12-9-3-1-8(2-4-9)5-14-15-10(19)6-17-7-13-11(16-17)18(20)21/h1-5,7H,6H2,(H,15,19). The van der Waals surface area contributed by atoms with Gasteiger partial charge in [0.2, 0.25) is 6.33 Å². The molecule has 0 fully saturated rings. The van der Waals surface area contributed by atoms with E-state index in [0.717, 1.165) is 16.6 Å². The topological polar surface area (TPSA) is 115 Å². The van der Waals surface area contributed by atoms with Gasteiger partial charge in [0.15, 0.2) is 0 Å². The lowest BCUT2D eigenvalue weighted by molar-refractivity contribution is -0.394. The Labute approximate surface area is 123 Å². The van der Waals surface area contributed by atoms with Crippen molar-refractivity contribution < 1.29 is 9.72 Å². The second kappa shape index (κ2) is 6.57. The minimum atomic E-state index is -0.743. The van der Waals surface area contributed by atoms with Gasteiger partial charge in [-0.15, -0.1) is 0 Å². The van der Waals surface area contributed by atoms with E-state index in [1.54, 1.807) is 24.3 Å². The van der Waals surface area contributed by atoms with Crippen molar-refractivity contribution in [2.24, 2.45) is 5.10 Å². The van der Waals surface area contributed by atoms with Crippen LogP contribution in [0.15, 0.2) is 35.7 Å². The van der Waals surface area contributed by atoms with E-state index in [0.29, 0.717) is 5.02 Å². The highest BCUT2D eigenvalue weighted by Crippen LogP contribution is 2.07.